The molecule has 0 saturated heterocycles. The molecule has 0 radical (unpaired) electrons. The zero-order chi connectivity index (χ0) is 8.43. The molecule has 0 aliphatic heterocycles. The largest absolute Gasteiger partial charge is 0.143 e. The molecular weight excluding hydrogens is 152 g/mol. The molecule has 11 heavy (non-hydrogen) atoms. The monoisotopic (exact) mass is 166 g/mol. The van der Waals surface area contributed by atoms with Crippen LogP contribution in [0.3, 0.4) is 0 Å². The van der Waals surface area contributed by atoms with Crippen molar-refractivity contribution in [1.29, 1.82) is 0 Å². The van der Waals surface area contributed by atoms with E-state index in [0.717, 1.165) is 11.3 Å². The van der Waals surface area contributed by atoms with Gasteiger partial charge in [-0.3, -0.25) is 0 Å². The van der Waals surface area contributed by atoms with E-state index in [0.29, 0.717) is 0 Å². The minimum atomic E-state index is 1.09. The highest BCUT2D eigenvalue weighted by molar-refractivity contribution is 7.80. The van der Waals surface area contributed by atoms with Gasteiger partial charge in [-0.05, 0) is 43.0 Å². The normalized spacial score (nSPS) is 10.2. The minimum absolute atomic E-state index is 1.09. The minimum Gasteiger partial charge on any atom is -0.143 e. The molecule has 0 N–H and O–H groups in total. The summed E-state index contributed by atoms with van der Waals surface area (Å²) in [6.45, 7) is 6.41. The Bertz CT molecular complexity index is 241. The van der Waals surface area contributed by atoms with Crippen molar-refractivity contribution in [2.75, 3.05) is 0 Å². The molecule has 0 unspecified atom stereocenters. The van der Waals surface area contributed by atoms with Gasteiger partial charge in [0.05, 0.1) is 0 Å². The molecule has 0 heterocycles. The number of benzene rings is 1. The van der Waals surface area contributed by atoms with Crippen LogP contribution in [0.1, 0.15) is 23.6 Å². The van der Waals surface area contributed by atoms with Crippen molar-refractivity contribution in [3.63, 3.8) is 0 Å². The Morgan fingerprint density at radius 3 is 2.36 bits per heavy atom. The van der Waals surface area contributed by atoms with Gasteiger partial charge in [-0.25, -0.2) is 0 Å². The van der Waals surface area contributed by atoms with Crippen LogP contribution in [0.2, 0.25) is 0 Å². The number of hydrogen-bond donors (Lipinski definition) is 1. The van der Waals surface area contributed by atoms with Crippen molar-refractivity contribution < 1.29 is 0 Å². The second-order valence-corrected chi connectivity index (χ2v) is 3.39. The van der Waals surface area contributed by atoms with Crippen LogP contribution in [-0.2, 0) is 6.42 Å². The third kappa shape index (κ3) is 1.78. The van der Waals surface area contributed by atoms with E-state index in [2.05, 4.69) is 45.5 Å². The van der Waals surface area contributed by atoms with Crippen LogP contribution in [0.4, 0.5) is 0 Å². The summed E-state index contributed by atoms with van der Waals surface area (Å²) in [5.74, 6) is 0. The first kappa shape index (κ1) is 8.66. The highest BCUT2D eigenvalue weighted by Crippen LogP contribution is 2.19. The summed E-state index contributed by atoms with van der Waals surface area (Å²) in [5.41, 5.74) is 4.01. The Balaban J connectivity index is 3.21. The second kappa shape index (κ2) is 3.31. The SMILES string of the molecule is CCc1cc(C)c(C)c(S)c1. The Labute approximate surface area is 74.0 Å². The Kier molecular flexibility index (Phi) is 2.61. The lowest BCUT2D eigenvalue weighted by Crippen LogP contribution is -1.87. The van der Waals surface area contributed by atoms with Gasteiger partial charge >= 0.3 is 0 Å². The lowest BCUT2D eigenvalue weighted by Gasteiger charge is -2.05. The summed E-state index contributed by atoms with van der Waals surface area (Å²) in [6, 6.07) is 4.38. The van der Waals surface area contributed by atoms with Crippen LogP contribution in [0.5, 0.6) is 0 Å². The molecule has 0 nitrogen and oxygen atoms in total. The Morgan fingerprint density at radius 1 is 1.27 bits per heavy atom. The fraction of sp³-hybridized carbons (Fsp3) is 0.400. The summed E-state index contributed by atoms with van der Waals surface area (Å²) in [5, 5.41) is 0. The molecule has 0 amide bonds. The van der Waals surface area contributed by atoms with Crippen molar-refractivity contribution in [3.8, 4) is 0 Å². The van der Waals surface area contributed by atoms with Crippen molar-refractivity contribution in [2.24, 2.45) is 0 Å². The van der Waals surface area contributed by atoms with Gasteiger partial charge in [0.1, 0.15) is 0 Å². The van der Waals surface area contributed by atoms with E-state index in [-0.39, 0.29) is 0 Å². The molecular formula is C10H14S. The maximum Gasteiger partial charge on any atom is 0.00746 e. The average molecular weight is 166 g/mol. The van der Waals surface area contributed by atoms with E-state index in [4.69, 9.17) is 0 Å². The van der Waals surface area contributed by atoms with Gasteiger partial charge in [0.15, 0.2) is 0 Å². The first-order valence-electron chi connectivity index (χ1n) is 3.94. The summed E-state index contributed by atoms with van der Waals surface area (Å²) in [7, 11) is 0. The highest BCUT2D eigenvalue weighted by Gasteiger charge is 1.98. The molecule has 60 valence electrons. The molecule has 1 aromatic rings. The van der Waals surface area contributed by atoms with Crippen molar-refractivity contribution in [3.05, 3.63) is 28.8 Å². The van der Waals surface area contributed by atoms with Crippen molar-refractivity contribution in [1.82, 2.24) is 0 Å². The van der Waals surface area contributed by atoms with Crippen LogP contribution in [-0.4, -0.2) is 0 Å². The summed E-state index contributed by atoms with van der Waals surface area (Å²) in [4.78, 5) is 1.11. The average Bonchev–Trinajstić information content (AvgIpc) is 1.99. The van der Waals surface area contributed by atoms with E-state index in [9.17, 15) is 0 Å². The summed E-state index contributed by atoms with van der Waals surface area (Å²) in [6.07, 6.45) is 1.09. The smallest absolute Gasteiger partial charge is 0.00746 e. The van der Waals surface area contributed by atoms with Crippen LogP contribution in [0, 0.1) is 13.8 Å². The quantitative estimate of drug-likeness (QED) is 0.609. The predicted octanol–water partition coefficient (Wildman–Crippen LogP) is 3.15. The maximum atomic E-state index is 4.39. The lowest BCUT2D eigenvalue weighted by atomic mass is 10.0. The van der Waals surface area contributed by atoms with Gasteiger partial charge in [-0.1, -0.05) is 13.0 Å². The molecule has 1 rings (SSSR count). The van der Waals surface area contributed by atoms with E-state index in [1.54, 1.807) is 0 Å². The number of hydrogen-bond acceptors (Lipinski definition) is 1. The van der Waals surface area contributed by atoms with E-state index in [1.807, 2.05) is 0 Å². The molecule has 1 aromatic carbocycles. The van der Waals surface area contributed by atoms with Gasteiger partial charge < -0.3 is 0 Å². The van der Waals surface area contributed by atoms with E-state index < -0.39 is 0 Å². The number of thiol groups is 1. The number of rotatable bonds is 1. The molecule has 0 atom stereocenters. The summed E-state index contributed by atoms with van der Waals surface area (Å²) < 4.78 is 0. The fourth-order valence-electron chi connectivity index (χ4n) is 1.12. The molecule has 0 saturated carbocycles. The summed E-state index contributed by atoms with van der Waals surface area (Å²) >= 11 is 4.39. The van der Waals surface area contributed by atoms with Crippen molar-refractivity contribution >= 4 is 12.6 Å². The molecule has 0 fully saturated rings. The lowest BCUT2D eigenvalue weighted by molar-refractivity contribution is 1.09. The van der Waals surface area contributed by atoms with Crippen LogP contribution >= 0.6 is 12.6 Å². The third-order valence-corrected chi connectivity index (χ3v) is 2.57. The fourth-order valence-corrected chi connectivity index (χ4v) is 1.46. The van der Waals surface area contributed by atoms with E-state index in [1.165, 1.54) is 16.7 Å². The maximum absolute atomic E-state index is 4.39. The van der Waals surface area contributed by atoms with Gasteiger partial charge in [0.25, 0.3) is 0 Å². The zero-order valence-corrected chi connectivity index (χ0v) is 8.20. The molecule has 0 spiro atoms. The first-order valence-corrected chi connectivity index (χ1v) is 4.39. The third-order valence-electron chi connectivity index (χ3n) is 2.11. The Hall–Kier alpha value is -0.430. The molecule has 0 aliphatic carbocycles. The predicted molar refractivity (Wildman–Crippen MR) is 52.5 cm³/mol. The molecule has 0 aliphatic rings. The molecule has 0 bridgehead atoms. The van der Waals surface area contributed by atoms with Crippen molar-refractivity contribution in [2.45, 2.75) is 32.1 Å². The second-order valence-electron chi connectivity index (χ2n) is 2.91. The van der Waals surface area contributed by atoms with Gasteiger partial charge in [-0.2, -0.15) is 0 Å². The van der Waals surface area contributed by atoms with Gasteiger partial charge in [0.2, 0.25) is 0 Å². The van der Waals surface area contributed by atoms with Crippen LogP contribution < -0.4 is 0 Å². The van der Waals surface area contributed by atoms with Gasteiger partial charge in [-0.15, -0.1) is 12.6 Å². The molecule has 1 heteroatoms. The molecule has 0 aromatic heterocycles. The zero-order valence-electron chi connectivity index (χ0n) is 7.31. The highest BCUT2D eigenvalue weighted by atomic mass is 32.1. The van der Waals surface area contributed by atoms with Crippen LogP contribution in [0.25, 0.3) is 0 Å². The van der Waals surface area contributed by atoms with Crippen LogP contribution in [0.15, 0.2) is 17.0 Å². The number of aryl methyl sites for hydroxylation is 2. The van der Waals surface area contributed by atoms with Gasteiger partial charge in [0, 0.05) is 4.90 Å². The standard InChI is InChI=1S/C10H14S/c1-4-9-5-7(2)8(3)10(11)6-9/h5-6,11H,4H2,1-3H3. The Morgan fingerprint density at radius 2 is 1.91 bits per heavy atom. The topological polar surface area (TPSA) is 0 Å². The first-order chi connectivity index (χ1) is 5.15. The van der Waals surface area contributed by atoms with E-state index >= 15 is 0 Å².